The number of aliphatic hydroxyl groups excluding tert-OH is 1. The molecule has 0 bridgehead atoms. The Morgan fingerprint density at radius 3 is 3.00 bits per heavy atom. The first-order valence-electron chi connectivity index (χ1n) is 6.48. The molecular weight excluding hydrogens is 297 g/mol. The fraction of sp³-hybridized carbons (Fsp3) is 0.571. The first-order valence-corrected chi connectivity index (χ1v) is 7.28. The van der Waals surface area contributed by atoms with Crippen molar-refractivity contribution in [1.29, 1.82) is 0 Å². The lowest BCUT2D eigenvalue weighted by atomic mass is 9.87. The van der Waals surface area contributed by atoms with E-state index in [9.17, 15) is 9.50 Å². The van der Waals surface area contributed by atoms with Gasteiger partial charge in [-0.15, -0.1) is 0 Å². The lowest BCUT2D eigenvalue weighted by Gasteiger charge is -2.26. The van der Waals surface area contributed by atoms with Crippen LogP contribution in [0.4, 0.5) is 4.39 Å². The van der Waals surface area contributed by atoms with E-state index in [0.29, 0.717) is 16.9 Å². The molecule has 0 aromatic heterocycles. The van der Waals surface area contributed by atoms with Crippen LogP contribution in [0.5, 0.6) is 0 Å². The molecule has 0 saturated heterocycles. The van der Waals surface area contributed by atoms with Gasteiger partial charge >= 0.3 is 0 Å². The molecule has 1 fully saturated rings. The van der Waals surface area contributed by atoms with Gasteiger partial charge in [0.1, 0.15) is 5.82 Å². The minimum atomic E-state index is -0.220. The molecule has 1 aromatic carbocycles. The van der Waals surface area contributed by atoms with Crippen molar-refractivity contribution < 1.29 is 9.50 Å². The minimum Gasteiger partial charge on any atom is -0.393 e. The van der Waals surface area contributed by atoms with Crippen LogP contribution >= 0.6 is 15.9 Å². The maximum absolute atomic E-state index is 13.3. The molecule has 0 radical (unpaired) electrons. The van der Waals surface area contributed by atoms with E-state index in [2.05, 4.69) is 21.2 Å². The number of hydrogen-bond donors (Lipinski definition) is 2. The number of benzene rings is 1. The fourth-order valence-electron chi connectivity index (χ4n) is 2.54. The van der Waals surface area contributed by atoms with Crippen LogP contribution in [-0.4, -0.2) is 17.8 Å². The summed E-state index contributed by atoms with van der Waals surface area (Å²) in [5, 5.41) is 12.9. The Morgan fingerprint density at radius 2 is 2.22 bits per heavy atom. The van der Waals surface area contributed by atoms with Crippen LogP contribution in [-0.2, 0) is 6.54 Å². The summed E-state index contributed by atoms with van der Waals surface area (Å²) in [6.45, 7) is 1.55. The maximum Gasteiger partial charge on any atom is 0.137 e. The van der Waals surface area contributed by atoms with Gasteiger partial charge in [0.25, 0.3) is 0 Å². The molecule has 2 rings (SSSR count). The van der Waals surface area contributed by atoms with Gasteiger partial charge in [0.05, 0.1) is 10.6 Å². The summed E-state index contributed by atoms with van der Waals surface area (Å²) >= 11 is 3.26. The van der Waals surface area contributed by atoms with Crippen molar-refractivity contribution in [3.05, 3.63) is 34.1 Å². The van der Waals surface area contributed by atoms with Crippen LogP contribution in [0.3, 0.4) is 0 Å². The van der Waals surface area contributed by atoms with Crippen LogP contribution < -0.4 is 5.32 Å². The normalized spacial score (nSPS) is 24.2. The van der Waals surface area contributed by atoms with E-state index in [0.717, 1.165) is 31.4 Å². The van der Waals surface area contributed by atoms with Crippen molar-refractivity contribution in [2.24, 2.45) is 5.92 Å². The van der Waals surface area contributed by atoms with Crippen molar-refractivity contribution >= 4 is 15.9 Å². The molecule has 0 aliphatic heterocycles. The smallest absolute Gasteiger partial charge is 0.137 e. The lowest BCUT2D eigenvalue weighted by Crippen LogP contribution is -2.29. The SMILES string of the molecule is OC1CCCC(CNCc2cccc(F)c2Br)C1. The third-order valence-electron chi connectivity index (χ3n) is 3.54. The molecule has 0 heterocycles. The molecule has 100 valence electrons. The van der Waals surface area contributed by atoms with E-state index in [1.807, 2.05) is 6.07 Å². The Morgan fingerprint density at radius 1 is 1.39 bits per heavy atom. The molecule has 2 unspecified atom stereocenters. The highest BCUT2D eigenvalue weighted by atomic mass is 79.9. The molecule has 1 aliphatic rings. The predicted molar refractivity (Wildman–Crippen MR) is 73.8 cm³/mol. The Bertz CT molecular complexity index is 399. The monoisotopic (exact) mass is 315 g/mol. The lowest BCUT2D eigenvalue weighted by molar-refractivity contribution is 0.101. The zero-order chi connectivity index (χ0) is 13.0. The van der Waals surface area contributed by atoms with Crippen molar-refractivity contribution in [1.82, 2.24) is 5.32 Å². The van der Waals surface area contributed by atoms with Crippen molar-refractivity contribution in [3.63, 3.8) is 0 Å². The first kappa shape index (κ1) is 14.0. The zero-order valence-corrected chi connectivity index (χ0v) is 11.9. The molecule has 2 N–H and O–H groups in total. The predicted octanol–water partition coefficient (Wildman–Crippen LogP) is 3.23. The molecule has 4 heteroatoms. The molecule has 0 spiro atoms. The van der Waals surface area contributed by atoms with Gasteiger partial charge in [-0.3, -0.25) is 0 Å². The number of hydrogen-bond acceptors (Lipinski definition) is 2. The molecule has 18 heavy (non-hydrogen) atoms. The number of nitrogens with one attached hydrogen (secondary N) is 1. The quantitative estimate of drug-likeness (QED) is 0.894. The first-order chi connectivity index (χ1) is 8.66. The van der Waals surface area contributed by atoms with Crippen LogP contribution in [0.1, 0.15) is 31.2 Å². The highest BCUT2D eigenvalue weighted by Crippen LogP contribution is 2.24. The van der Waals surface area contributed by atoms with Gasteiger partial charge in [-0.2, -0.15) is 0 Å². The van der Waals surface area contributed by atoms with Crippen LogP contribution in [0.25, 0.3) is 0 Å². The number of rotatable bonds is 4. The summed E-state index contributed by atoms with van der Waals surface area (Å²) in [6.07, 6.45) is 3.97. The van der Waals surface area contributed by atoms with E-state index < -0.39 is 0 Å². The Hall–Kier alpha value is -0.450. The maximum atomic E-state index is 13.3. The van der Waals surface area contributed by atoms with Crippen molar-refractivity contribution in [2.75, 3.05) is 6.54 Å². The zero-order valence-electron chi connectivity index (χ0n) is 10.3. The minimum absolute atomic E-state index is 0.133. The Labute approximate surface area is 116 Å². The van der Waals surface area contributed by atoms with Gasteiger partial charge in [0.15, 0.2) is 0 Å². The Kier molecular flexibility index (Phi) is 5.15. The average Bonchev–Trinajstić information content (AvgIpc) is 2.35. The van der Waals surface area contributed by atoms with E-state index in [4.69, 9.17) is 0 Å². The van der Waals surface area contributed by atoms with Gasteiger partial charge in [-0.25, -0.2) is 4.39 Å². The van der Waals surface area contributed by atoms with E-state index in [1.165, 1.54) is 12.5 Å². The van der Waals surface area contributed by atoms with Crippen LogP contribution in [0.2, 0.25) is 0 Å². The molecule has 0 amide bonds. The third-order valence-corrected chi connectivity index (χ3v) is 4.42. The summed E-state index contributed by atoms with van der Waals surface area (Å²) < 4.78 is 13.8. The molecule has 1 aliphatic carbocycles. The van der Waals surface area contributed by atoms with Crippen LogP contribution in [0, 0.1) is 11.7 Å². The van der Waals surface area contributed by atoms with Crippen molar-refractivity contribution in [2.45, 2.75) is 38.3 Å². The molecular formula is C14H19BrFNO. The number of halogens is 2. The standard InChI is InChI=1S/C14H19BrFNO/c15-14-11(4-2-6-13(14)16)9-17-8-10-3-1-5-12(18)7-10/h2,4,6,10,12,17-18H,1,3,5,7-9H2. The topological polar surface area (TPSA) is 32.3 Å². The largest absolute Gasteiger partial charge is 0.393 e. The second kappa shape index (κ2) is 6.64. The second-order valence-corrected chi connectivity index (χ2v) is 5.82. The summed E-state index contributed by atoms with van der Waals surface area (Å²) in [4.78, 5) is 0. The van der Waals surface area contributed by atoms with Crippen LogP contribution in [0.15, 0.2) is 22.7 Å². The van der Waals surface area contributed by atoms with Gasteiger partial charge in [-0.1, -0.05) is 18.6 Å². The van der Waals surface area contributed by atoms with Gasteiger partial charge in [-0.05, 0) is 59.3 Å². The van der Waals surface area contributed by atoms with E-state index in [1.54, 1.807) is 6.07 Å². The average molecular weight is 316 g/mol. The highest BCUT2D eigenvalue weighted by molar-refractivity contribution is 9.10. The van der Waals surface area contributed by atoms with Gasteiger partial charge in [0.2, 0.25) is 0 Å². The summed E-state index contributed by atoms with van der Waals surface area (Å²) in [7, 11) is 0. The highest BCUT2D eigenvalue weighted by Gasteiger charge is 2.19. The second-order valence-electron chi connectivity index (χ2n) is 5.03. The third kappa shape index (κ3) is 3.77. The van der Waals surface area contributed by atoms with Crippen molar-refractivity contribution in [3.8, 4) is 0 Å². The van der Waals surface area contributed by atoms with E-state index in [-0.39, 0.29) is 11.9 Å². The van der Waals surface area contributed by atoms with E-state index >= 15 is 0 Å². The summed E-state index contributed by atoms with van der Waals surface area (Å²) in [5.41, 5.74) is 0.936. The van der Waals surface area contributed by atoms with Gasteiger partial charge in [0, 0.05) is 6.54 Å². The molecule has 2 atom stereocenters. The summed E-state index contributed by atoms with van der Waals surface area (Å²) in [6, 6.07) is 5.09. The molecule has 2 nitrogen and oxygen atoms in total. The number of aliphatic hydroxyl groups is 1. The summed E-state index contributed by atoms with van der Waals surface area (Å²) in [5.74, 6) is 0.323. The Balaban J connectivity index is 1.79. The molecule has 1 saturated carbocycles. The van der Waals surface area contributed by atoms with Gasteiger partial charge < -0.3 is 10.4 Å². The fourth-order valence-corrected chi connectivity index (χ4v) is 2.95. The molecule has 1 aromatic rings.